The van der Waals surface area contributed by atoms with Gasteiger partial charge < -0.3 is 15.4 Å². The first-order valence-electron chi connectivity index (χ1n) is 5.79. The largest absolute Gasteiger partial charge is 0.383 e. The first-order valence-corrected chi connectivity index (χ1v) is 5.79. The van der Waals surface area contributed by atoms with Crippen molar-refractivity contribution in [1.29, 1.82) is 0 Å². The molecule has 0 atom stereocenters. The Balaban J connectivity index is 2.54. The number of rotatable bonds is 7. The number of hydrogen-bond acceptors (Lipinski definition) is 5. The molecule has 0 aliphatic heterocycles. The van der Waals surface area contributed by atoms with E-state index in [4.69, 9.17) is 4.74 Å². The highest BCUT2D eigenvalue weighted by Crippen LogP contribution is 2.21. The highest BCUT2D eigenvalue weighted by molar-refractivity contribution is 5.81. The number of methoxy groups -OCH3 is 1. The summed E-state index contributed by atoms with van der Waals surface area (Å²) in [6.45, 7) is 2.76. The Morgan fingerprint density at radius 3 is 2.84 bits per heavy atom. The molecule has 0 aliphatic carbocycles. The lowest BCUT2D eigenvalue weighted by Crippen LogP contribution is -2.32. The van der Waals surface area contributed by atoms with Crippen LogP contribution in [0.15, 0.2) is 18.2 Å². The third-order valence-electron chi connectivity index (χ3n) is 2.50. The van der Waals surface area contributed by atoms with E-state index < -0.39 is 4.92 Å². The fourth-order valence-electron chi connectivity index (χ4n) is 1.44. The van der Waals surface area contributed by atoms with Crippen molar-refractivity contribution in [3.63, 3.8) is 0 Å². The van der Waals surface area contributed by atoms with Crippen molar-refractivity contribution in [2.24, 2.45) is 0 Å². The molecule has 19 heavy (non-hydrogen) atoms. The molecule has 0 bridgehead atoms. The van der Waals surface area contributed by atoms with Gasteiger partial charge in [-0.15, -0.1) is 0 Å². The Kier molecular flexibility index (Phi) is 5.74. The van der Waals surface area contributed by atoms with Crippen LogP contribution in [0.5, 0.6) is 0 Å². The molecule has 104 valence electrons. The van der Waals surface area contributed by atoms with Gasteiger partial charge in [0.05, 0.1) is 18.1 Å². The number of nitro groups is 1. The van der Waals surface area contributed by atoms with Crippen molar-refractivity contribution in [1.82, 2.24) is 5.32 Å². The van der Waals surface area contributed by atoms with Gasteiger partial charge in [-0.25, -0.2) is 0 Å². The molecule has 0 aliphatic rings. The number of non-ortho nitro benzene ring substituents is 1. The van der Waals surface area contributed by atoms with E-state index in [-0.39, 0.29) is 18.1 Å². The number of anilines is 1. The normalized spacial score (nSPS) is 10.0. The molecule has 0 radical (unpaired) electrons. The Morgan fingerprint density at radius 1 is 1.47 bits per heavy atom. The Hall–Kier alpha value is -2.15. The molecule has 0 heterocycles. The van der Waals surface area contributed by atoms with Crippen LogP contribution in [0.25, 0.3) is 0 Å². The number of ether oxygens (including phenoxy) is 1. The van der Waals surface area contributed by atoms with Gasteiger partial charge in [-0.3, -0.25) is 14.9 Å². The molecule has 0 aromatic heterocycles. The van der Waals surface area contributed by atoms with Crippen LogP contribution >= 0.6 is 0 Å². The first-order chi connectivity index (χ1) is 9.04. The van der Waals surface area contributed by atoms with E-state index in [2.05, 4.69) is 10.6 Å². The summed E-state index contributed by atoms with van der Waals surface area (Å²) in [5, 5.41) is 16.2. The zero-order chi connectivity index (χ0) is 14.3. The predicted molar refractivity (Wildman–Crippen MR) is 71.2 cm³/mol. The number of amides is 1. The van der Waals surface area contributed by atoms with Crippen molar-refractivity contribution in [2.75, 3.05) is 32.1 Å². The number of aryl methyl sites for hydroxylation is 1. The van der Waals surface area contributed by atoms with E-state index in [1.165, 1.54) is 12.1 Å². The predicted octanol–water partition coefficient (Wildman–Crippen LogP) is 1.08. The molecule has 2 N–H and O–H groups in total. The average molecular weight is 267 g/mol. The summed E-state index contributed by atoms with van der Waals surface area (Å²) in [5.41, 5.74) is 1.42. The summed E-state index contributed by atoms with van der Waals surface area (Å²) in [7, 11) is 1.55. The maximum Gasteiger partial charge on any atom is 0.271 e. The second kappa shape index (κ2) is 7.32. The van der Waals surface area contributed by atoms with Crippen molar-refractivity contribution in [3.8, 4) is 0 Å². The smallest absolute Gasteiger partial charge is 0.271 e. The molecule has 7 heteroatoms. The van der Waals surface area contributed by atoms with Crippen LogP contribution < -0.4 is 10.6 Å². The number of benzene rings is 1. The number of nitro benzene ring substituents is 1. The summed E-state index contributed by atoms with van der Waals surface area (Å²) < 4.78 is 4.81. The Morgan fingerprint density at radius 2 is 2.21 bits per heavy atom. The first kappa shape index (κ1) is 14.9. The monoisotopic (exact) mass is 267 g/mol. The fourth-order valence-corrected chi connectivity index (χ4v) is 1.44. The molecule has 0 fully saturated rings. The van der Waals surface area contributed by atoms with Crippen LogP contribution in [0.4, 0.5) is 11.4 Å². The van der Waals surface area contributed by atoms with Crippen molar-refractivity contribution in [3.05, 3.63) is 33.9 Å². The summed E-state index contributed by atoms with van der Waals surface area (Å²) in [4.78, 5) is 21.7. The van der Waals surface area contributed by atoms with Gasteiger partial charge in [-0.2, -0.15) is 0 Å². The maximum atomic E-state index is 11.5. The second-order valence-corrected chi connectivity index (χ2v) is 3.95. The lowest BCUT2D eigenvalue weighted by atomic mass is 10.2. The van der Waals surface area contributed by atoms with Gasteiger partial charge in [0.2, 0.25) is 5.91 Å². The average Bonchev–Trinajstić information content (AvgIpc) is 2.37. The van der Waals surface area contributed by atoms with Crippen molar-refractivity contribution >= 4 is 17.3 Å². The van der Waals surface area contributed by atoms with E-state index in [9.17, 15) is 14.9 Å². The highest BCUT2D eigenvalue weighted by atomic mass is 16.6. The SMILES string of the molecule is COCCNC(=O)CNc1cc([N+](=O)[O-])ccc1C. The van der Waals surface area contributed by atoms with Crippen LogP contribution in [0.2, 0.25) is 0 Å². The number of nitrogens with one attached hydrogen (secondary N) is 2. The van der Waals surface area contributed by atoms with E-state index in [0.717, 1.165) is 5.56 Å². The van der Waals surface area contributed by atoms with E-state index >= 15 is 0 Å². The van der Waals surface area contributed by atoms with Gasteiger partial charge in [0.1, 0.15) is 0 Å². The number of hydrogen-bond donors (Lipinski definition) is 2. The second-order valence-electron chi connectivity index (χ2n) is 3.95. The third kappa shape index (κ3) is 4.92. The molecule has 0 unspecified atom stereocenters. The van der Waals surface area contributed by atoms with Crippen LogP contribution in [0.1, 0.15) is 5.56 Å². The summed E-state index contributed by atoms with van der Waals surface area (Å²) in [5.74, 6) is -0.192. The molecule has 1 aromatic rings. The van der Waals surface area contributed by atoms with E-state index in [1.807, 2.05) is 6.92 Å². The molecule has 1 amide bonds. The molecule has 0 saturated carbocycles. The molecule has 0 saturated heterocycles. The van der Waals surface area contributed by atoms with Gasteiger partial charge in [0.25, 0.3) is 5.69 Å². The summed E-state index contributed by atoms with van der Waals surface area (Å²) >= 11 is 0. The maximum absolute atomic E-state index is 11.5. The molecule has 0 spiro atoms. The topological polar surface area (TPSA) is 93.5 Å². The minimum atomic E-state index is -0.469. The fraction of sp³-hybridized carbons (Fsp3) is 0.417. The lowest BCUT2D eigenvalue weighted by molar-refractivity contribution is -0.384. The van der Waals surface area contributed by atoms with E-state index in [0.29, 0.717) is 18.8 Å². The number of carbonyl (C=O) groups is 1. The molecule has 1 aromatic carbocycles. The van der Waals surface area contributed by atoms with Crippen molar-refractivity contribution in [2.45, 2.75) is 6.92 Å². The van der Waals surface area contributed by atoms with Crippen LogP contribution in [-0.2, 0) is 9.53 Å². The molecular formula is C12H17N3O4. The minimum absolute atomic E-state index is 0.00658. The molecule has 7 nitrogen and oxygen atoms in total. The quantitative estimate of drug-likeness (QED) is 0.438. The van der Waals surface area contributed by atoms with E-state index in [1.54, 1.807) is 13.2 Å². The minimum Gasteiger partial charge on any atom is -0.383 e. The highest BCUT2D eigenvalue weighted by Gasteiger charge is 2.09. The molecule has 1 rings (SSSR count). The third-order valence-corrected chi connectivity index (χ3v) is 2.50. The Bertz CT molecular complexity index is 462. The van der Waals surface area contributed by atoms with Crippen molar-refractivity contribution < 1.29 is 14.5 Å². The van der Waals surface area contributed by atoms with Crippen LogP contribution in [-0.4, -0.2) is 37.6 Å². The van der Waals surface area contributed by atoms with Gasteiger partial charge in [0.15, 0.2) is 0 Å². The Labute approximate surface area is 111 Å². The van der Waals surface area contributed by atoms with Gasteiger partial charge in [-0.1, -0.05) is 6.07 Å². The zero-order valence-electron chi connectivity index (χ0n) is 10.9. The van der Waals surface area contributed by atoms with Crippen LogP contribution in [0, 0.1) is 17.0 Å². The van der Waals surface area contributed by atoms with Gasteiger partial charge >= 0.3 is 0 Å². The standard InChI is InChI=1S/C12H17N3O4/c1-9-3-4-10(15(17)18)7-11(9)14-8-12(16)13-5-6-19-2/h3-4,7,14H,5-6,8H2,1-2H3,(H,13,16). The summed E-state index contributed by atoms with van der Waals surface area (Å²) in [6, 6.07) is 4.49. The lowest BCUT2D eigenvalue weighted by Gasteiger charge is -2.09. The van der Waals surface area contributed by atoms with Gasteiger partial charge in [-0.05, 0) is 12.5 Å². The number of carbonyl (C=O) groups excluding carboxylic acids is 1. The molecular weight excluding hydrogens is 250 g/mol. The van der Waals surface area contributed by atoms with Crippen LogP contribution in [0.3, 0.4) is 0 Å². The number of nitrogens with zero attached hydrogens (tertiary/aromatic N) is 1. The zero-order valence-corrected chi connectivity index (χ0v) is 10.9. The summed E-state index contributed by atoms with van der Waals surface area (Å²) in [6.07, 6.45) is 0. The van der Waals surface area contributed by atoms with Gasteiger partial charge in [0, 0.05) is 31.5 Å².